The molecule has 0 saturated carbocycles. The van der Waals surface area contributed by atoms with Gasteiger partial charge in [0.15, 0.2) is 0 Å². The number of ketones is 1. The van der Waals surface area contributed by atoms with Crippen LogP contribution in [-0.4, -0.2) is 17.4 Å². The van der Waals surface area contributed by atoms with Crippen molar-refractivity contribution in [2.24, 2.45) is 4.99 Å². The van der Waals surface area contributed by atoms with Crippen LogP contribution in [0.5, 0.6) is 0 Å². The zero-order valence-corrected chi connectivity index (χ0v) is 12.9. The molecule has 0 saturated heterocycles. The molecule has 0 aliphatic heterocycles. The fraction of sp³-hybridized carbons (Fsp3) is 0.211. The summed E-state index contributed by atoms with van der Waals surface area (Å²) in [7, 11) is 0. The van der Waals surface area contributed by atoms with Gasteiger partial charge in [0.1, 0.15) is 5.78 Å². The topological polar surface area (TPSA) is 46.5 Å². The van der Waals surface area contributed by atoms with Crippen LogP contribution in [0, 0.1) is 0 Å². The van der Waals surface area contributed by atoms with E-state index in [1.54, 1.807) is 19.1 Å². The lowest BCUT2D eigenvalue weighted by molar-refractivity contribution is -0.116. The van der Waals surface area contributed by atoms with Crippen LogP contribution in [0.25, 0.3) is 0 Å². The number of benzene rings is 1. The molecule has 112 valence electrons. The smallest absolute Gasteiger partial charge is 0.277 e. The summed E-state index contributed by atoms with van der Waals surface area (Å²) in [6.45, 7) is 3.56. The standard InChI is InChI=1S/C19H19NO2/c1-14(12-13-15(2)21)17-10-6-7-11-18(17)20-19(22)16-8-4-3-5-9-16/h3-11H,12-13H2,1-2H3/b17-14+,20-18?. The first-order chi connectivity index (χ1) is 10.6. The Hall–Kier alpha value is -2.55. The first-order valence-electron chi connectivity index (χ1n) is 7.30. The highest BCUT2D eigenvalue weighted by atomic mass is 16.1. The average Bonchev–Trinajstić information content (AvgIpc) is 2.54. The molecule has 0 spiro atoms. The summed E-state index contributed by atoms with van der Waals surface area (Å²) in [5.41, 5.74) is 3.21. The summed E-state index contributed by atoms with van der Waals surface area (Å²) < 4.78 is 0. The molecule has 0 atom stereocenters. The van der Waals surface area contributed by atoms with E-state index in [1.165, 1.54) is 0 Å². The van der Waals surface area contributed by atoms with Crippen LogP contribution in [0.2, 0.25) is 0 Å². The van der Waals surface area contributed by atoms with E-state index in [4.69, 9.17) is 0 Å². The predicted molar refractivity (Wildman–Crippen MR) is 89.1 cm³/mol. The van der Waals surface area contributed by atoms with Crippen molar-refractivity contribution in [1.29, 1.82) is 0 Å². The third kappa shape index (κ3) is 4.22. The SMILES string of the molecule is CC(=O)CC/C(C)=C1\C=CC=CC1=NC(=O)c1ccccc1. The van der Waals surface area contributed by atoms with Crippen molar-refractivity contribution in [1.82, 2.24) is 0 Å². The molecular formula is C19H19NO2. The van der Waals surface area contributed by atoms with Crippen LogP contribution in [0.1, 0.15) is 37.0 Å². The lowest BCUT2D eigenvalue weighted by Gasteiger charge is -2.11. The molecule has 0 unspecified atom stereocenters. The van der Waals surface area contributed by atoms with Crippen LogP contribution in [0.4, 0.5) is 0 Å². The summed E-state index contributed by atoms with van der Waals surface area (Å²) in [5, 5.41) is 0. The highest BCUT2D eigenvalue weighted by molar-refractivity contribution is 6.17. The number of hydrogen-bond acceptors (Lipinski definition) is 2. The largest absolute Gasteiger partial charge is 0.300 e. The molecule has 1 aliphatic carbocycles. The van der Waals surface area contributed by atoms with Gasteiger partial charge in [0.2, 0.25) is 0 Å². The minimum Gasteiger partial charge on any atom is -0.300 e. The van der Waals surface area contributed by atoms with Gasteiger partial charge in [0.05, 0.1) is 5.71 Å². The summed E-state index contributed by atoms with van der Waals surface area (Å²) in [6.07, 6.45) is 8.73. The van der Waals surface area contributed by atoms with E-state index >= 15 is 0 Å². The molecular weight excluding hydrogens is 274 g/mol. The average molecular weight is 293 g/mol. The third-order valence-corrected chi connectivity index (χ3v) is 3.46. The van der Waals surface area contributed by atoms with E-state index in [1.807, 2.05) is 49.4 Å². The van der Waals surface area contributed by atoms with E-state index in [9.17, 15) is 9.59 Å². The molecule has 3 heteroatoms. The summed E-state index contributed by atoms with van der Waals surface area (Å²) >= 11 is 0. The number of Topliss-reactive ketones (excluding diaryl/α,β-unsaturated/α-hetero) is 1. The van der Waals surface area contributed by atoms with E-state index in [0.29, 0.717) is 24.1 Å². The first-order valence-corrected chi connectivity index (χ1v) is 7.30. The molecule has 0 N–H and O–H groups in total. The Labute approximate surface area is 130 Å². The van der Waals surface area contributed by atoms with E-state index in [-0.39, 0.29) is 11.7 Å². The lowest BCUT2D eigenvalue weighted by atomic mass is 9.96. The molecule has 0 fully saturated rings. The van der Waals surface area contributed by atoms with Crippen LogP contribution in [-0.2, 0) is 4.79 Å². The Morgan fingerprint density at radius 3 is 2.32 bits per heavy atom. The van der Waals surface area contributed by atoms with Gasteiger partial charge in [-0.15, -0.1) is 0 Å². The zero-order chi connectivity index (χ0) is 15.9. The van der Waals surface area contributed by atoms with Gasteiger partial charge in [-0.05, 0) is 44.1 Å². The summed E-state index contributed by atoms with van der Waals surface area (Å²) in [4.78, 5) is 27.6. The van der Waals surface area contributed by atoms with Crippen molar-refractivity contribution in [2.45, 2.75) is 26.7 Å². The fourth-order valence-corrected chi connectivity index (χ4v) is 2.18. The number of allylic oxidation sites excluding steroid dienone is 6. The number of amides is 1. The predicted octanol–water partition coefficient (Wildman–Crippen LogP) is 4.08. The van der Waals surface area contributed by atoms with Gasteiger partial charge in [-0.2, -0.15) is 0 Å². The minimum atomic E-state index is -0.257. The van der Waals surface area contributed by atoms with Gasteiger partial charge < -0.3 is 4.79 Å². The molecule has 0 heterocycles. The van der Waals surface area contributed by atoms with Crippen molar-refractivity contribution >= 4 is 17.4 Å². The van der Waals surface area contributed by atoms with E-state index in [2.05, 4.69) is 4.99 Å². The van der Waals surface area contributed by atoms with Crippen molar-refractivity contribution in [3.63, 3.8) is 0 Å². The van der Waals surface area contributed by atoms with Crippen LogP contribution in [0.15, 0.2) is 70.8 Å². The van der Waals surface area contributed by atoms with E-state index in [0.717, 1.165) is 11.1 Å². The Balaban J connectivity index is 2.27. The molecule has 1 aromatic rings. The fourth-order valence-electron chi connectivity index (χ4n) is 2.18. The quantitative estimate of drug-likeness (QED) is 0.839. The monoisotopic (exact) mass is 293 g/mol. The maximum atomic E-state index is 12.2. The second-order valence-electron chi connectivity index (χ2n) is 5.28. The van der Waals surface area contributed by atoms with Crippen LogP contribution in [0.3, 0.4) is 0 Å². The zero-order valence-electron chi connectivity index (χ0n) is 12.9. The maximum Gasteiger partial charge on any atom is 0.277 e. The van der Waals surface area contributed by atoms with Gasteiger partial charge >= 0.3 is 0 Å². The van der Waals surface area contributed by atoms with Gasteiger partial charge in [-0.1, -0.05) is 42.0 Å². The van der Waals surface area contributed by atoms with Crippen molar-refractivity contribution in [3.05, 3.63) is 71.3 Å². The number of aliphatic imine (C=N–C) groups is 1. The normalized spacial score (nSPS) is 17.6. The molecule has 1 aromatic carbocycles. The Morgan fingerprint density at radius 1 is 0.955 bits per heavy atom. The van der Waals surface area contributed by atoms with Gasteiger partial charge in [-0.25, -0.2) is 4.99 Å². The lowest BCUT2D eigenvalue weighted by Crippen LogP contribution is -2.08. The highest BCUT2D eigenvalue weighted by Crippen LogP contribution is 2.18. The highest BCUT2D eigenvalue weighted by Gasteiger charge is 2.11. The first kappa shape index (κ1) is 15.8. The van der Waals surface area contributed by atoms with Crippen molar-refractivity contribution in [3.8, 4) is 0 Å². The summed E-state index contributed by atoms with van der Waals surface area (Å²) in [6, 6.07) is 9.00. The van der Waals surface area contributed by atoms with Crippen molar-refractivity contribution < 1.29 is 9.59 Å². The minimum absolute atomic E-state index is 0.161. The molecule has 1 amide bonds. The number of rotatable bonds is 4. The Kier molecular flexibility index (Phi) is 5.37. The number of hydrogen-bond donors (Lipinski definition) is 0. The number of nitrogens with zero attached hydrogens (tertiary/aromatic N) is 1. The molecule has 0 radical (unpaired) electrons. The molecule has 0 bridgehead atoms. The van der Waals surface area contributed by atoms with E-state index < -0.39 is 0 Å². The third-order valence-electron chi connectivity index (χ3n) is 3.46. The summed E-state index contributed by atoms with van der Waals surface area (Å²) in [5.74, 6) is -0.0958. The Bertz CT molecular complexity index is 691. The van der Waals surface area contributed by atoms with Crippen molar-refractivity contribution in [2.75, 3.05) is 0 Å². The molecule has 22 heavy (non-hydrogen) atoms. The Morgan fingerprint density at radius 2 is 1.64 bits per heavy atom. The second kappa shape index (κ2) is 7.46. The molecule has 2 rings (SSSR count). The maximum absolute atomic E-state index is 12.2. The van der Waals surface area contributed by atoms with Crippen LogP contribution >= 0.6 is 0 Å². The van der Waals surface area contributed by atoms with Crippen LogP contribution < -0.4 is 0 Å². The molecule has 3 nitrogen and oxygen atoms in total. The number of carbonyl (C=O) groups excluding carboxylic acids is 2. The van der Waals surface area contributed by atoms with Gasteiger partial charge in [0, 0.05) is 12.0 Å². The number of carbonyl (C=O) groups is 2. The molecule has 0 aromatic heterocycles. The second-order valence-corrected chi connectivity index (χ2v) is 5.28. The van der Waals surface area contributed by atoms with Gasteiger partial charge in [0.25, 0.3) is 5.91 Å². The molecule has 1 aliphatic rings. The van der Waals surface area contributed by atoms with Gasteiger partial charge in [-0.3, -0.25) is 4.79 Å².